The molecule has 0 spiro atoms. The zero-order valence-electron chi connectivity index (χ0n) is 19.8. The van der Waals surface area contributed by atoms with Crippen molar-refractivity contribution >= 4 is 51.3 Å². The van der Waals surface area contributed by atoms with E-state index in [0.717, 1.165) is 16.3 Å². The largest absolute Gasteiger partial charge is 0.497 e. The molecule has 1 aliphatic heterocycles. The molecule has 0 aliphatic carbocycles. The number of methoxy groups -OCH3 is 1. The molecular weight excluding hydrogens is 470 g/mol. The zero-order valence-corrected chi connectivity index (χ0v) is 20.6. The van der Waals surface area contributed by atoms with E-state index in [1.165, 1.54) is 4.90 Å². The summed E-state index contributed by atoms with van der Waals surface area (Å²) < 4.78 is 5.18. The molecule has 0 radical (unpaired) electrons. The van der Waals surface area contributed by atoms with Crippen LogP contribution in [0.5, 0.6) is 5.75 Å². The fourth-order valence-corrected chi connectivity index (χ4v) is 4.89. The molecule has 4 aromatic carbocycles. The van der Waals surface area contributed by atoms with Crippen LogP contribution in [-0.2, 0) is 16.1 Å². The highest BCUT2D eigenvalue weighted by Gasteiger charge is 2.44. The number of hydrogen-bond donors (Lipinski definition) is 1. The average molecular weight is 496 g/mol. The summed E-state index contributed by atoms with van der Waals surface area (Å²) in [6.45, 7) is 0.412. The van der Waals surface area contributed by atoms with Crippen LogP contribution in [0, 0.1) is 0 Å². The Bertz CT molecular complexity index is 1420. The van der Waals surface area contributed by atoms with Gasteiger partial charge in [-0.05, 0) is 65.0 Å². The second-order valence-electron chi connectivity index (χ2n) is 8.55. The molecule has 5 rings (SSSR count). The van der Waals surface area contributed by atoms with Gasteiger partial charge in [0.05, 0.1) is 19.2 Å². The van der Waals surface area contributed by atoms with Crippen LogP contribution >= 0.6 is 12.2 Å². The first-order chi connectivity index (χ1) is 17.5. The monoisotopic (exact) mass is 495 g/mol. The molecule has 36 heavy (non-hydrogen) atoms. The number of amides is 2. The number of ether oxygens (including phenoxy) is 1. The highest BCUT2D eigenvalue weighted by atomic mass is 32.1. The number of carbonyl (C=O) groups excluding carboxylic acids is 2. The van der Waals surface area contributed by atoms with Gasteiger partial charge >= 0.3 is 0 Å². The molecule has 0 bridgehead atoms. The number of thiocarbonyl (C=S) groups is 1. The summed E-state index contributed by atoms with van der Waals surface area (Å²) in [6, 6.07) is 29.9. The predicted octanol–water partition coefficient (Wildman–Crippen LogP) is 5.38. The molecule has 2 amide bonds. The molecule has 0 aromatic heterocycles. The first-order valence-corrected chi connectivity index (χ1v) is 12.1. The molecule has 6 nitrogen and oxygen atoms in total. The maximum absolute atomic E-state index is 13.7. The van der Waals surface area contributed by atoms with Crippen LogP contribution in [0.25, 0.3) is 10.8 Å². The van der Waals surface area contributed by atoms with Gasteiger partial charge in [-0.25, -0.2) is 0 Å². The predicted molar refractivity (Wildman–Crippen MR) is 146 cm³/mol. The molecule has 1 N–H and O–H groups in total. The van der Waals surface area contributed by atoms with Gasteiger partial charge in [-0.15, -0.1) is 0 Å². The number of anilines is 2. The van der Waals surface area contributed by atoms with Crippen LogP contribution in [0.4, 0.5) is 11.4 Å². The smallest absolute Gasteiger partial charge is 0.256 e. The molecule has 1 heterocycles. The molecule has 1 unspecified atom stereocenters. The number of fused-ring (bicyclic) bond motifs is 1. The Morgan fingerprint density at radius 1 is 0.917 bits per heavy atom. The van der Waals surface area contributed by atoms with Crippen molar-refractivity contribution in [3.8, 4) is 5.75 Å². The Labute approximate surface area is 215 Å². The molecule has 1 saturated heterocycles. The first-order valence-electron chi connectivity index (χ1n) is 11.7. The van der Waals surface area contributed by atoms with Gasteiger partial charge in [0.25, 0.3) is 5.91 Å². The highest BCUT2D eigenvalue weighted by Crippen LogP contribution is 2.30. The van der Waals surface area contributed by atoms with Crippen molar-refractivity contribution < 1.29 is 14.3 Å². The summed E-state index contributed by atoms with van der Waals surface area (Å²) in [5, 5.41) is 5.48. The number of benzene rings is 4. The van der Waals surface area contributed by atoms with Crippen molar-refractivity contribution in [2.45, 2.75) is 19.0 Å². The molecular formula is C29H25N3O3S. The van der Waals surface area contributed by atoms with Crippen molar-refractivity contribution in [2.24, 2.45) is 0 Å². The summed E-state index contributed by atoms with van der Waals surface area (Å²) in [6.07, 6.45) is -0.0287. The summed E-state index contributed by atoms with van der Waals surface area (Å²) in [4.78, 5) is 30.1. The molecule has 180 valence electrons. The number of carbonyl (C=O) groups is 2. The van der Waals surface area contributed by atoms with E-state index in [2.05, 4.69) is 23.5 Å². The van der Waals surface area contributed by atoms with Crippen LogP contribution < -0.4 is 15.0 Å². The van der Waals surface area contributed by atoms with Crippen LogP contribution in [-0.4, -0.2) is 35.0 Å². The van der Waals surface area contributed by atoms with Crippen LogP contribution in [0.3, 0.4) is 0 Å². The average Bonchev–Trinajstić information content (AvgIpc) is 3.13. The second-order valence-corrected chi connectivity index (χ2v) is 8.92. The van der Waals surface area contributed by atoms with Crippen molar-refractivity contribution in [3.05, 3.63) is 103 Å². The summed E-state index contributed by atoms with van der Waals surface area (Å²) >= 11 is 5.82. The minimum Gasteiger partial charge on any atom is -0.497 e. The Kier molecular flexibility index (Phi) is 6.64. The Hall–Kier alpha value is -4.23. The highest BCUT2D eigenvalue weighted by molar-refractivity contribution is 7.80. The van der Waals surface area contributed by atoms with E-state index in [4.69, 9.17) is 17.0 Å². The van der Waals surface area contributed by atoms with Gasteiger partial charge in [0, 0.05) is 12.2 Å². The molecule has 1 fully saturated rings. The molecule has 0 saturated carbocycles. The van der Waals surface area contributed by atoms with E-state index in [1.807, 2.05) is 59.5 Å². The second kappa shape index (κ2) is 10.2. The van der Waals surface area contributed by atoms with E-state index < -0.39 is 6.04 Å². The van der Waals surface area contributed by atoms with E-state index in [-0.39, 0.29) is 18.2 Å². The molecule has 1 atom stereocenters. The van der Waals surface area contributed by atoms with Gasteiger partial charge in [0.2, 0.25) is 5.91 Å². The maximum atomic E-state index is 13.7. The third-order valence-corrected chi connectivity index (χ3v) is 6.72. The minimum absolute atomic E-state index is 0.0287. The van der Waals surface area contributed by atoms with E-state index in [1.54, 1.807) is 31.4 Å². The van der Waals surface area contributed by atoms with Crippen LogP contribution in [0.1, 0.15) is 12.0 Å². The number of nitrogens with zero attached hydrogens (tertiary/aromatic N) is 2. The molecule has 4 aromatic rings. The van der Waals surface area contributed by atoms with Crippen molar-refractivity contribution in [2.75, 3.05) is 17.3 Å². The van der Waals surface area contributed by atoms with Gasteiger partial charge in [0.15, 0.2) is 5.11 Å². The third kappa shape index (κ3) is 4.65. The Balaban J connectivity index is 1.44. The normalized spacial score (nSPS) is 15.4. The standard InChI is InChI=1S/C29H25N3O3S/c1-35-24-16-14-22(15-17-24)30-27(33)18-26-28(34)32(23-11-3-2-4-12-23)29(36)31(26)19-21-10-7-9-20-8-5-6-13-25(20)21/h2-17,26H,18-19H2,1H3,(H,30,33). The Morgan fingerprint density at radius 3 is 2.36 bits per heavy atom. The fourth-order valence-electron chi connectivity index (χ4n) is 4.50. The van der Waals surface area contributed by atoms with Gasteiger partial charge < -0.3 is 15.0 Å². The lowest BCUT2D eigenvalue weighted by Crippen LogP contribution is -2.37. The summed E-state index contributed by atoms with van der Waals surface area (Å²) in [7, 11) is 1.59. The number of hydrogen-bond acceptors (Lipinski definition) is 4. The lowest BCUT2D eigenvalue weighted by molar-refractivity contribution is -0.124. The fraction of sp³-hybridized carbons (Fsp3) is 0.138. The quantitative estimate of drug-likeness (QED) is 0.349. The first kappa shape index (κ1) is 23.5. The minimum atomic E-state index is -0.727. The summed E-state index contributed by atoms with van der Waals surface area (Å²) in [5.41, 5.74) is 2.36. The van der Waals surface area contributed by atoms with Crippen LogP contribution in [0.15, 0.2) is 97.1 Å². The van der Waals surface area contributed by atoms with Crippen molar-refractivity contribution in [1.29, 1.82) is 0 Å². The SMILES string of the molecule is COc1ccc(NC(=O)CC2C(=O)N(c3ccccc3)C(=S)N2Cc2cccc3ccccc23)cc1. The lowest BCUT2D eigenvalue weighted by atomic mass is 10.0. The van der Waals surface area contributed by atoms with Gasteiger partial charge in [0.1, 0.15) is 11.8 Å². The van der Waals surface area contributed by atoms with Crippen molar-refractivity contribution in [3.63, 3.8) is 0 Å². The van der Waals surface area contributed by atoms with Crippen molar-refractivity contribution in [1.82, 2.24) is 4.90 Å². The van der Waals surface area contributed by atoms with Gasteiger partial charge in [-0.1, -0.05) is 60.7 Å². The molecule has 1 aliphatic rings. The molecule has 7 heteroatoms. The van der Waals surface area contributed by atoms with E-state index in [9.17, 15) is 9.59 Å². The topological polar surface area (TPSA) is 61.9 Å². The Morgan fingerprint density at radius 2 is 1.61 bits per heavy atom. The maximum Gasteiger partial charge on any atom is 0.256 e. The third-order valence-electron chi connectivity index (χ3n) is 6.31. The van der Waals surface area contributed by atoms with E-state index in [0.29, 0.717) is 28.8 Å². The van der Waals surface area contributed by atoms with Crippen LogP contribution in [0.2, 0.25) is 0 Å². The van der Waals surface area contributed by atoms with Gasteiger partial charge in [-0.3, -0.25) is 14.5 Å². The van der Waals surface area contributed by atoms with Gasteiger partial charge in [-0.2, -0.15) is 0 Å². The lowest BCUT2D eigenvalue weighted by Gasteiger charge is -2.24. The number of rotatable bonds is 7. The zero-order chi connectivity index (χ0) is 25.1. The summed E-state index contributed by atoms with van der Waals surface area (Å²) in [5.74, 6) is 0.222. The number of nitrogens with one attached hydrogen (secondary N) is 1. The van der Waals surface area contributed by atoms with E-state index >= 15 is 0 Å². The number of para-hydroxylation sites is 1.